The van der Waals surface area contributed by atoms with Crippen molar-refractivity contribution in [1.29, 1.82) is 0 Å². The Bertz CT molecular complexity index is 178. The van der Waals surface area contributed by atoms with Gasteiger partial charge in [-0.1, -0.05) is 19.3 Å². The molecule has 0 aromatic carbocycles. The van der Waals surface area contributed by atoms with E-state index in [1.807, 2.05) is 13.8 Å². The predicted molar refractivity (Wildman–Crippen MR) is 58.1 cm³/mol. The number of hydrogen-bond acceptors (Lipinski definition) is 2. The van der Waals surface area contributed by atoms with Gasteiger partial charge in [0.25, 0.3) is 0 Å². The maximum Gasteiger partial charge on any atom is 0.236 e. The van der Waals surface area contributed by atoms with Crippen molar-refractivity contribution in [1.82, 2.24) is 10.6 Å². The summed E-state index contributed by atoms with van der Waals surface area (Å²) >= 11 is 0. The molecule has 0 bridgehead atoms. The first kappa shape index (κ1) is 11.5. The summed E-state index contributed by atoms with van der Waals surface area (Å²) in [7, 11) is 0. The first-order valence-electron chi connectivity index (χ1n) is 5.75. The molecule has 1 saturated carbocycles. The maximum atomic E-state index is 11.3. The van der Waals surface area contributed by atoms with Crippen LogP contribution in [0.5, 0.6) is 0 Å². The number of carbonyl (C=O) groups excluding carboxylic acids is 1. The molecule has 3 heteroatoms. The van der Waals surface area contributed by atoms with Crippen molar-refractivity contribution in [3.05, 3.63) is 0 Å². The van der Waals surface area contributed by atoms with Crippen LogP contribution in [0.15, 0.2) is 0 Å². The van der Waals surface area contributed by atoms with Crippen LogP contribution in [-0.4, -0.2) is 25.0 Å². The lowest BCUT2D eigenvalue weighted by molar-refractivity contribution is -0.122. The summed E-state index contributed by atoms with van der Waals surface area (Å²) in [5, 5.41) is 6.06. The molecule has 1 rings (SSSR count). The van der Waals surface area contributed by atoms with E-state index in [1.54, 1.807) is 0 Å². The Morgan fingerprint density at radius 1 is 1.50 bits per heavy atom. The molecule has 1 amide bonds. The van der Waals surface area contributed by atoms with Crippen LogP contribution in [0, 0.1) is 5.92 Å². The van der Waals surface area contributed by atoms with Crippen molar-refractivity contribution in [3.63, 3.8) is 0 Å². The Morgan fingerprint density at radius 2 is 2.21 bits per heavy atom. The highest BCUT2D eigenvalue weighted by Crippen LogP contribution is 2.28. The maximum absolute atomic E-state index is 11.3. The average Bonchev–Trinajstić information content (AvgIpc) is 2.09. The van der Waals surface area contributed by atoms with Crippen LogP contribution in [0.4, 0.5) is 0 Å². The lowest BCUT2D eigenvalue weighted by atomic mass is 9.83. The molecule has 1 unspecified atom stereocenters. The second-order valence-electron chi connectivity index (χ2n) is 4.16. The van der Waals surface area contributed by atoms with E-state index < -0.39 is 0 Å². The van der Waals surface area contributed by atoms with E-state index in [0.717, 1.165) is 12.5 Å². The normalized spacial score (nSPS) is 18.7. The molecule has 0 aliphatic heterocycles. The van der Waals surface area contributed by atoms with E-state index in [2.05, 4.69) is 10.6 Å². The number of carbonyl (C=O) groups is 1. The van der Waals surface area contributed by atoms with Crippen LogP contribution < -0.4 is 10.6 Å². The highest BCUT2D eigenvalue weighted by Gasteiger charge is 2.17. The molecule has 0 aromatic heterocycles. The summed E-state index contributed by atoms with van der Waals surface area (Å²) in [6.45, 7) is 5.56. The van der Waals surface area contributed by atoms with Gasteiger partial charge in [-0.15, -0.1) is 0 Å². The second kappa shape index (κ2) is 6.02. The highest BCUT2D eigenvalue weighted by atomic mass is 16.2. The third-order valence-corrected chi connectivity index (χ3v) is 2.97. The first-order chi connectivity index (χ1) is 6.74. The molecule has 0 aromatic rings. The quantitative estimate of drug-likeness (QED) is 0.675. The molecule has 1 fully saturated rings. The van der Waals surface area contributed by atoms with Crippen molar-refractivity contribution in [2.75, 3.05) is 13.1 Å². The summed E-state index contributed by atoms with van der Waals surface area (Å²) in [5.74, 6) is 1.03. The van der Waals surface area contributed by atoms with E-state index in [9.17, 15) is 4.79 Å². The first-order valence-corrected chi connectivity index (χ1v) is 5.75. The van der Waals surface area contributed by atoms with Gasteiger partial charge in [-0.05, 0) is 32.7 Å². The molecule has 1 aliphatic rings. The second-order valence-corrected chi connectivity index (χ2v) is 4.16. The van der Waals surface area contributed by atoms with Crippen LogP contribution >= 0.6 is 0 Å². The van der Waals surface area contributed by atoms with Gasteiger partial charge >= 0.3 is 0 Å². The topological polar surface area (TPSA) is 41.1 Å². The molecule has 0 saturated heterocycles. The van der Waals surface area contributed by atoms with E-state index >= 15 is 0 Å². The summed E-state index contributed by atoms with van der Waals surface area (Å²) in [6.07, 6.45) is 5.40. The smallest absolute Gasteiger partial charge is 0.236 e. The Labute approximate surface area is 86.6 Å². The molecule has 0 heterocycles. The average molecular weight is 198 g/mol. The lowest BCUT2D eigenvalue weighted by Crippen LogP contribution is -2.42. The molecule has 1 atom stereocenters. The predicted octanol–water partition coefficient (Wildman–Crippen LogP) is 1.29. The summed E-state index contributed by atoms with van der Waals surface area (Å²) in [4.78, 5) is 11.3. The van der Waals surface area contributed by atoms with Crippen molar-refractivity contribution in [3.8, 4) is 0 Å². The van der Waals surface area contributed by atoms with Crippen molar-refractivity contribution < 1.29 is 4.79 Å². The standard InChI is InChI=1S/C11H22N2O/c1-3-12-11(14)9(2)13-8-7-10-5-4-6-10/h9-10,13H,3-8H2,1-2H3,(H,12,14). The summed E-state index contributed by atoms with van der Waals surface area (Å²) in [6, 6.07) is -0.0463. The third-order valence-electron chi connectivity index (χ3n) is 2.97. The van der Waals surface area contributed by atoms with E-state index in [4.69, 9.17) is 0 Å². The largest absolute Gasteiger partial charge is 0.355 e. The van der Waals surface area contributed by atoms with Crippen LogP contribution in [-0.2, 0) is 4.79 Å². The Balaban J connectivity index is 2.01. The molecule has 82 valence electrons. The molecular weight excluding hydrogens is 176 g/mol. The van der Waals surface area contributed by atoms with Crippen LogP contribution in [0.25, 0.3) is 0 Å². The number of likely N-dealkylation sites (N-methyl/N-ethyl adjacent to an activating group) is 1. The molecular formula is C11H22N2O. The van der Waals surface area contributed by atoms with Crippen molar-refractivity contribution >= 4 is 5.91 Å². The molecule has 14 heavy (non-hydrogen) atoms. The number of rotatable bonds is 6. The number of amides is 1. The highest BCUT2D eigenvalue weighted by molar-refractivity contribution is 5.81. The Hall–Kier alpha value is -0.570. The van der Waals surface area contributed by atoms with Crippen LogP contribution in [0.3, 0.4) is 0 Å². The van der Waals surface area contributed by atoms with Crippen LogP contribution in [0.2, 0.25) is 0 Å². The SMILES string of the molecule is CCNC(=O)C(C)NCCC1CCC1. The van der Waals surface area contributed by atoms with E-state index in [1.165, 1.54) is 25.7 Å². The van der Waals surface area contributed by atoms with Gasteiger partial charge in [-0.2, -0.15) is 0 Å². The van der Waals surface area contributed by atoms with Crippen LogP contribution in [0.1, 0.15) is 39.5 Å². The fourth-order valence-corrected chi connectivity index (χ4v) is 1.71. The zero-order valence-corrected chi connectivity index (χ0v) is 9.31. The van der Waals surface area contributed by atoms with Gasteiger partial charge in [-0.3, -0.25) is 4.79 Å². The zero-order chi connectivity index (χ0) is 10.4. The number of nitrogens with one attached hydrogen (secondary N) is 2. The molecule has 1 aliphatic carbocycles. The Kier molecular flexibility index (Phi) is 4.94. The molecule has 0 radical (unpaired) electrons. The van der Waals surface area contributed by atoms with Gasteiger partial charge in [0.05, 0.1) is 6.04 Å². The minimum atomic E-state index is -0.0463. The van der Waals surface area contributed by atoms with E-state index in [0.29, 0.717) is 6.54 Å². The zero-order valence-electron chi connectivity index (χ0n) is 9.31. The lowest BCUT2D eigenvalue weighted by Gasteiger charge is -2.25. The fraction of sp³-hybridized carbons (Fsp3) is 0.909. The van der Waals surface area contributed by atoms with Gasteiger partial charge in [0.2, 0.25) is 5.91 Å². The van der Waals surface area contributed by atoms with Crippen molar-refractivity contribution in [2.45, 2.75) is 45.6 Å². The number of hydrogen-bond donors (Lipinski definition) is 2. The molecule has 0 spiro atoms. The van der Waals surface area contributed by atoms with Crippen molar-refractivity contribution in [2.24, 2.45) is 5.92 Å². The summed E-state index contributed by atoms with van der Waals surface area (Å²) < 4.78 is 0. The molecule has 3 nitrogen and oxygen atoms in total. The third kappa shape index (κ3) is 3.66. The van der Waals surface area contributed by atoms with Gasteiger partial charge in [0, 0.05) is 6.54 Å². The minimum absolute atomic E-state index is 0.0463. The van der Waals surface area contributed by atoms with Gasteiger partial charge in [-0.25, -0.2) is 0 Å². The van der Waals surface area contributed by atoms with Gasteiger partial charge in [0.1, 0.15) is 0 Å². The monoisotopic (exact) mass is 198 g/mol. The van der Waals surface area contributed by atoms with Gasteiger partial charge < -0.3 is 10.6 Å². The van der Waals surface area contributed by atoms with Gasteiger partial charge in [0.15, 0.2) is 0 Å². The van der Waals surface area contributed by atoms with E-state index in [-0.39, 0.29) is 11.9 Å². The Morgan fingerprint density at radius 3 is 2.71 bits per heavy atom. The minimum Gasteiger partial charge on any atom is -0.355 e. The summed E-state index contributed by atoms with van der Waals surface area (Å²) in [5.41, 5.74) is 0. The fourth-order valence-electron chi connectivity index (χ4n) is 1.71. The molecule has 2 N–H and O–H groups in total.